The zero-order chi connectivity index (χ0) is 20.4. The Hall–Kier alpha value is -1.79. The summed E-state index contributed by atoms with van der Waals surface area (Å²) in [5, 5.41) is 0. The first kappa shape index (κ1) is 24.2. The van der Waals surface area contributed by atoms with E-state index in [4.69, 9.17) is 10.5 Å². The first-order chi connectivity index (χ1) is 12.5. The SMILES string of the molecule is CC(C)Oc1ccc(C(=O)N2CCN(C(=O)[C@@H](N)C(C)C)CC2(C)C)cc1.Cl. The highest BCUT2D eigenvalue weighted by Gasteiger charge is 2.39. The number of nitrogens with zero attached hydrogens (tertiary/aromatic N) is 2. The average molecular weight is 412 g/mol. The molecule has 0 spiro atoms. The third-order valence-electron chi connectivity index (χ3n) is 4.94. The molecule has 1 aliphatic rings. The van der Waals surface area contributed by atoms with Gasteiger partial charge in [0.25, 0.3) is 5.91 Å². The van der Waals surface area contributed by atoms with Crippen LogP contribution < -0.4 is 10.5 Å². The van der Waals surface area contributed by atoms with Crippen LogP contribution in [0.1, 0.15) is 51.9 Å². The lowest BCUT2D eigenvalue weighted by Crippen LogP contribution is -2.64. The Morgan fingerprint density at radius 2 is 1.64 bits per heavy atom. The van der Waals surface area contributed by atoms with Gasteiger partial charge in [-0.2, -0.15) is 0 Å². The number of ether oxygens (including phenoxy) is 1. The average Bonchev–Trinajstić information content (AvgIpc) is 2.59. The van der Waals surface area contributed by atoms with Gasteiger partial charge in [0, 0.05) is 25.2 Å². The van der Waals surface area contributed by atoms with Gasteiger partial charge in [-0.15, -0.1) is 12.4 Å². The van der Waals surface area contributed by atoms with Gasteiger partial charge in [0.15, 0.2) is 0 Å². The molecule has 1 heterocycles. The minimum atomic E-state index is -0.503. The van der Waals surface area contributed by atoms with Crippen LogP contribution >= 0.6 is 12.4 Å². The normalized spacial score (nSPS) is 17.3. The van der Waals surface area contributed by atoms with Crippen molar-refractivity contribution in [3.05, 3.63) is 29.8 Å². The van der Waals surface area contributed by atoms with Crippen molar-refractivity contribution in [1.82, 2.24) is 9.80 Å². The molecule has 7 heteroatoms. The number of rotatable bonds is 5. The number of carbonyl (C=O) groups excluding carboxylic acids is 2. The molecule has 0 bridgehead atoms. The molecular weight excluding hydrogens is 378 g/mol. The van der Waals surface area contributed by atoms with Gasteiger partial charge in [-0.05, 0) is 57.9 Å². The molecule has 1 aromatic carbocycles. The van der Waals surface area contributed by atoms with Crippen molar-refractivity contribution in [2.75, 3.05) is 19.6 Å². The van der Waals surface area contributed by atoms with Crippen molar-refractivity contribution < 1.29 is 14.3 Å². The van der Waals surface area contributed by atoms with Gasteiger partial charge in [0.1, 0.15) is 5.75 Å². The highest BCUT2D eigenvalue weighted by atomic mass is 35.5. The van der Waals surface area contributed by atoms with Crippen molar-refractivity contribution in [2.45, 2.75) is 59.2 Å². The monoisotopic (exact) mass is 411 g/mol. The van der Waals surface area contributed by atoms with Crippen LogP contribution in [0.15, 0.2) is 24.3 Å². The zero-order valence-corrected chi connectivity index (χ0v) is 18.6. The van der Waals surface area contributed by atoms with Crippen LogP contribution in [0.3, 0.4) is 0 Å². The maximum atomic E-state index is 13.0. The molecule has 0 aromatic heterocycles. The number of carbonyl (C=O) groups is 2. The van der Waals surface area contributed by atoms with E-state index >= 15 is 0 Å². The van der Waals surface area contributed by atoms with Crippen LogP contribution in [0.5, 0.6) is 5.75 Å². The molecule has 2 rings (SSSR count). The van der Waals surface area contributed by atoms with Gasteiger partial charge in [-0.3, -0.25) is 9.59 Å². The number of nitrogens with two attached hydrogens (primary N) is 1. The highest BCUT2D eigenvalue weighted by Crippen LogP contribution is 2.25. The van der Waals surface area contributed by atoms with E-state index in [0.717, 1.165) is 5.75 Å². The molecule has 2 amide bonds. The van der Waals surface area contributed by atoms with Crippen LogP contribution in [0.25, 0.3) is 0 Å². The highest BCUT2D eigenvalue weighted by molar-refractivity contribution is 5.95. The fourth-order valence-electron chi connectivity index (χ4n) is 3.32. The molecule has 28 heavy (non-hydrogen) atoms. The summed E-state index contributed by atoms with van der Waals surface area (Å²) in [5.74, 6) is 0.766. The second-order valence-corrected chi connectivity index (χ2v) is 8.49. The van der Waals surface area contributed by atoms with Gasteiger partial charge >= 0.3 is 0 Å². The lowest BCUT2D eigenvalue weighted by molar-refractivity contribution is -0.137. The van der Waals surface area contributed by atoms with Gasteiger partial charge in [-0.25, -0.2) is 0 Å². The summed E-state index contributed by atoms with van der Waals surface area (Å²) in [7, 11) is 0. The lowest BCUT2D eigenvalue weighted by Gasteiger charge is -2.47. The van der Waals surface area contributed by atoms with E-state index < -0.39 is 11.6 Å². The van der Waals surface area contributed by atoms with Gasteiger partial charge in [-0.1, -0.05) is 13.8 Å². The molecule has 1 fully saturated rings. The number of hydrogen-bond donors (Lipinski definition) is 1. The maximum Gasteiger partial charge on any atom is 0.254 e. The van der Waals surface area contributed by atoms with Crippen molar-refractivity contribution in [2.24, 2.45) is 11.7 Å². The first-order valence-electron chi connectivity index (χ1n) is 9.66. The molecule has 0 aliphatic carbocycles. The molecule has 158 valence electrons. The summed E-state index contributed by atoms with van der Waals surface area (Å²) in [4.78, 5) is 29.2. The second-order valence-electron chi connectivity index (χ2n) is 8.49. The maximum absolute atomic E-state index is 13.0. The van der Waals surface area contributed by atoms with Crippen LogP contribution in [-0.4, -0.2) is 58.9 Å². The summed E-state index contributed by atoms with van der Waals surface area (Å²) >= 11 is 0. The largest absolute Gasteiger partial charge is 0.491 e. The molecule has 2 N–H and O–H groups in total. The molecule has 1 aromatic rings. The van der Waals surface area contributed by atoms with E-state index in [-0.39, 0.29) is 36.2 Å². The van der Waals surface area contributed by atoms with Gasteiger partial charge in [0.2, 0.25) is 5.91 Å². The Balaban J connectivity index is 0.00000392. The summed E-state index contributed by atoms with van der Waals surface area (Å²) in [6, 6.07) is 6.73. The molecular formula is C21H34ClN3O3. The summed E-state index contributed by atoms with van der Waals surface area (Å²) in [6.07, 6.45) is 0.0910. The van der Waals surface area contributed by atoms with E-state index in [1.54, 1.807) is 17.0 Å². The summed E-state index contributed by atoms with van der Waals surface area (Å²) in [5.41, 5.74) is 6.19. The number of piperazine rings is 1. The van der Waals surface area contributed by atoms with Crippen LogP contribution in [0.2, 0.25) is 0 Å². The number of benzene rings is 1. The molecule has 6 nitrogen and oxygen atoms in total. The van der Waals surface area contributed by atoms with E-state index in [1.807, 2.05) is 58.6 Å². The van der Waals surface area contributed by atoms with Crippen LogP contribution in [0.4, 0.5) is 0 Å². The van der Waals surface area contributed by atoms with Crippen molar-refractivity contribution in [1.29, 1.82) is 0 Å². The fourth-order valence-corrected chi connectivity index (χ4v) is 3.32. The molecule has 0 saturated carbocycles. The predicted molar refractivity (Wildman–Crippen MR) is 114 cm³/mol. The fraction of sp³-hybridized carbons (Fsp3) is 0.619. The second kappa shape index (κ2) is 9.61. The quantitative estimate of drug-likeness (QED) is 0.808. The van der Waals surface area contributed by atoms with E-state index in [0.29, 0.717) is 25.2 Å². The Kier molecular flexibility index (Phi) is 8.32. The first-order valence-corrected chi connectivity index (χ1v) is 9.66. The molecule has 1 aliphatic heterocycles. The lowest BCUT2D eigenvalue weighted by atomic mass is 9.95. The minimum Gasteiger partial charge on any atom is -0.491 e. The standard InChI is InChI=1S/C21H33N3O3.ClH/c1-14(2)18(22)20(26)23-11-12-24(21(5,6)13-23)19(25)16-7-9-17(10-8-16)27-15(3)4;/h7-10,14-15,18H,11-13,22H2,1-6H3;1H/t18-;/m0./s1. The zero-order valence-electron chi connectivity index (χ0n) is 17.8. The number of halogens is 1. The third kappa shape index (κ3) is 5.61. The predicted octanol–water partition coefficient (Wildman–Crippen LogP) is 2.94. The van der Waals surface area contributed by atoms with Crippen molar-refractivity contribution in [3.8, 4) is 5.75 Å². The number of hydrogen-bond acceptors (Lipinski definition) is 4. The minimum absolute atomic E-state index is 0. The van der Waals surface area contributed by atoms with Crippen molar-refractivity contribution in [3.63, 3.8) is 0 Å². The van der Waals surface area contributed by atoms with Crippen LogP contribution in [0, 0.1) is 5.92 Å². The smallest absolute Gasteiger partial charge is 0.254 e. The van der Waals surface area contributed by atoms with Gasteiger partial charge in [0.05, 0.1) is 17.7 Å². The Bertz CT molecular complexity index is 674. The van der Waals surface area contributed by atoms with Gasteiger partial charge < -0.3 is 20.3 Å². The van der Waals surface area contributed by atoms with E-state index in [9.17, 15) is 9.59 Å². The van der Waals surface area contributed by atoms with E-state index in [2.05, 4.69) is 0 Å². The van der Waals surface area contributed by atoms with Crippen molar-refractivity contribution >= 4 is 24.2 Å². The third-order valence-corrected chi connectivity index (χ3v) is 4.94. The summed E-state index contributed by atoms with van der Waals surface area (Å²) < 4.78 is 5.64. The van der Waals surface area contributed by atoms with E-state index in [1.165, 1.54) is 0 Å². The molecule has 0 unspecified atom stereocenters. The molecule has 0 radical (unpaired) electrons. The topological polar surface area (TPSA) is 75.9 Å². The Labute approximate surface area is 174 Å². The molecule has 1 saturated heterocycles. The number of amides is 2. The molecule has 1 atom stereocenters. The Morgan fingerprint density at radius 3 is 2.11 bits per heavy atom. The summed E-state index contributed by atoms with van der Waals surface area (Å²) in [6.45, 7) is 13.3. The Morgan fingerprint density at radius 1 is 1.07 bits per heavy atom. The van der Waals surface area contributed by atoms with Crippen LogP contribution in [-0.2, 0) is 4.79 Å².